The maximum atomic E-state index is 12.8. The van der Waals surface area contributed by atoms with E-state index in [1.165, 1.54) is 0 Å². The van der Waals surface area contributed by atoms with Crippen molar-refractivity contribution in [3.63, 3.8) is 0 Å². The molecule has 0 bridgehead atoms. The number of nitrogens with zero attached hydrogens (tertiary/aromatic N) is 3. The van der Waals surface area contributed by atoms with Crippen LogP contribution >= 0.6 is 11.3 Å². The zero-order valence-corrected chi connectivity index (χ0v) is 20.2. The highest BCUT2D eigenvalue weighted by atomic mass is 32.2. The molecule has 6 nitrogen and oxygen atoms in total. The van der Waals surface area contributed by atoms with E-state index in [2.05, 4.69) is 15.4 Å². The Kier molecular flexibility index (Phi) is 7.56. The molecule has 1 heterocycles. The molecule has 2 aromatic rings. The van der Waals surface area contributed by atoms with E-state index in [-0.39, 0.29) is 18.3 Å². The van der Waals surface area contributed by atoms with Crippen LogP contribution in [-0.2, 0) is 27.4 Å². The maximum absolute atomic E-state index is 12.8. The number of thiol groups is 1. The zero-order chi connectivity index (χ0) is 22.8. The van der Waals surface area contributed by atoms with Crippen molar-refractivity contribution in [1.29, 1.82) is 5.26 Å². The number of carbonyl (C=O) groups is 1. The highest BCUT2D eigenvalue weighted by Crippen LogP contribution is 2.31. The summed E-state index contributed by atoms with van der Waals surface area (Å²) in [5.74, 6) is -0.210. The van der Waals surface area contributed by atoms with Crippen LogP contribution in [0.3, 0.4) is 0 Å². The van der Waals surface area contributed by atoms with E-state index >= 15 is 0 Å². The molecule has 0 radical (unpaired) electrons. The van der Waals surface area contributed by atoms with E-state index in [1.54, 1.807) is 20.8 Å². The fourth-order valence-corrected chi connectivity index (χ4v) is 5.37. The molecule has 0 aliphatic heterocycles. The fourth-order valence-electron chi connectivity index (χ4n) is 3.18. The van der Waals surface area contributed by atoms with E-state index < -0.39 is 22.1 Å². The first-order valence-corrected chi connectivity index (χ1v) is 11.9. The molecule has 0 aliphatic rings. The normalized spacial score (nSPS) is 13.1. The van der Waals surface area contributed by atoms with Gasteiger partial charge in [0.05, 0.1) is 34.3 Å². The van der Waals surface area contributed by atoms with E-state index in [0.717, 1.165) is 28.0 Å². The lowest BCUT2D eigenvalue weighted by atomic mass is 9.85. The van der Waals surface area contributed by atoms with Crippen molar-refractivity contribution >= 4 is 27.8 Å². The minimum absolute atomic E-state index is 0.0318. The number of hydrogen-bond acceptors (Lipinski definition) is 6. The first-order valence-electron chi connectivity index (χ1n) is 9.84. The van der Waals surface area contributed by atoms with Gasteiger partial charge in [0.2, 0.25) is 0 Å². The second-order valence-corrected chi connectivity index (χ2v) is 11.0. The van der Waals surface area contributed by atoms with Gasteiger partial charge in [-0.3, -0.25) is 4.79 Å². The zero-order valence-electron chi connectivity index (χ0n) is 18.5. The van der Waals surface area contributed by atoms with Crippen molar-refractivity contribution in [3.05, 3.63) is 45.1 Å². The van der Waals surface area contributed by atoms with Gasteiger partial charge in [0.25, 0.3) is 5.91 Å². The highest BCUT2D eigenvalue weighted by molar-refractivity contribution is 7.78. The molecule has 1 atom stereocenters. The number of benzene rings is 1. The number of hydrogen-bond donors (Lipinski definition) is 2. The van der Waals surface area contributed by atoms with Crippen LogP contribution < -0.4 is 0 Å². The topological polar surface area (TPSA) is 103 Å². The quantitative estimate of drug-likeness (QED) is 0.630. The third kappa shape index (κ3) is 5.54. The summed E-state index contributed by atoms with van der Waals surface area (Å²) in [6, 6.07) is 5.83. The number of rotatable bonds is 6. The van der Waals surface area contributed by atoms with E-state index in [1.807, 2.05) is 39.8 Å². The Bertz CT molecular complexity index is 1050. The molecule has 0 saturated carbocycles. The van der Waals surface area contributed by atoms with Gasteiger partial charge in [-0.25, -0.2) is 9.19 Å². The molecule has 1 N–H and O–H groups in total. The molecular formula is C22H29N3O3S2. The second kappa shape index (κ2) is 9.38. The summed E-state index contributed by atoms with van der Waals surface area (Å²) in [5.41, 5.74) is 2.67. The molecule has 0 saturated heterocycles. The number of carbonyl (C=O) groups excluding carboxylic acids is 1. The molecular weight excluding hydrogens is 418 g/mol. The van der Waals surface area contributed by atoms with Crippen molar-refractivity contribution in [1.82, 2.24) is 4.98 Å². The molecule has 1 aromatic carbocycles. The second-order valence-electron chi connectivity index (χ2n) is 8.47. The van der Waals surface area contributed by atoms with Crippen LogP contribution in [0.1, 0.15) is 86.3 Å². The summed E-state index contributed by atoms with van der Waals surface area (Å²) in [7, 11) is -2.30. The Balaban J connectivity index is 2.44. The van der Waals surface area contributed by atoms with Crippen LogP contribution in [0.25, 0.3) is 0 Å². The third-order valence-electron chi connectivity index (χ3n) is 4.69. The summed E-state index contributed by atoms with van der Waals surface area (Å²) < 4.78 is 17.1. The van der Waals surface area contributed by atoms with Gasteiger partial charge in [-0.15, -0.1) is 11.3 Å². The Morgan fingerprint density at radius 2 is 1.80 bits per heavy atom. The van der Waals surface area contributed by atoms with Crippen LogP contribution in [0.15, 0.2) is 20.7 Å². The Morgan fingerprint density at radius 3 is 2.20 bits per heavy atom. The summed E-state index contributed by atoms with van der Waals surface area (Å²) in [6.07, 6.45) is 0.0318. The van der Waals surface area contributed by atoms with Crippen molar-refractivity contribution < 1.29 is 14.1 Å². The Hall–Kier alpha value is -2.08. The number of aryl methyl sites for hydroxylation is 1. The largest absolute Gasteiger partial charge is 0.383 e. The SMILES string of the molecule is Cc1nc(C(C)(C)O)sc1[SH](=O)=NC(=O)Cc1c(C(C)C)cc(C#N)cc1C(C)C. The fraction of sp³-hybridized carbons (Fsp3) is 0.500. The van der Waals surface area contributed by atoms with Gasteiger partial charge >= 0.3 is 0 Å². The van der Waals surface area contributed by atoms with Crippen LogP contribution in [0.5, 0.6) is 0 Å². The molecule has 162 valence electrons. The van der Waals surface area contributed by atoms with E-state index in [4.69, 9.17) is 0 Å². The van der Waals surface area contributed by atoms with Gasteiger partial charge in [0, 0.05) is 0 Å². The van der Waals surface area contributed by atoms with Crippen molar-refractivity contribution in [2.45, 2.75) is 76.5 Å². The average Bonchev–Trinajstić information content (AvgIpc) is 3.03. The lowest BCUT2D eigenvalue weighted by Gasteiger charge is -2.19. The van der Waals surface area contributed by atoms with Gasteiger partial charge < -0.3 is 5.11 Å². The predicted octanol–water partition coefficient (Wildman–Crippen LogP) is 4.59. The monoisotopic (exact) mass is 447 g/mol. The van der Waals surface area contributed by atoms with Crippen LogP contribution in [0, 0.1) is 18.3 Å². The Labute approximate surface area is 184 Å². The van der Waals surface area contributed by atoms with Gasteiger partial charge in [0.1, 0.15) is 14.8 Å². The standard InChI is InChI=1S/C22H29N3O3S2/c1-12(2)16-8-15(11-23)9-17(13(3)4)18(16)10-19(26)25-30(28)20-14(5)24-21(29-20)22(6,7)27/h8-9,12-13,27,30H,10H2,1-7H3. The smallest absolute Gasteiger partial charge is 0.258 e. The van der Waals surface area contributed by atoms with E-state index in [0.29, 0.717) is 20.5 Å². The molecule has 30 heavy (non-hydrogen) atoms. The Morgan fingerprint density at radius 1 is 1.27 bits per heavy atom. The predicted molar refractivity (Wildman–Crippen MR) is 120 cm³/mol. The molecule has 1 aromatic heterocycles. The van der Waals surface area contributed by atoms with Crippen LogP contribution in [0.2, 0.25) is 0 Å². The molecule has 0 aliphatic carbocycles. The van der Waals surface area contributed by atoms with Gasteiger partial charge in [-0.2, -0.15) is 9.62 Å². The van der Waals surface area contributed by atoms with Crippen molar-refractivity contribution in [2.75, 3.05) is 0 Å². The first kappa shape index (κ1) is 24.2. The third-order valence-corrected chi connectivity index (χ3v) is 7.78. The molecule has 0 fully saturated rings. The molecule has 8 heteroatoms. The maximum Gasteiger partial charge on any atom is 0.258 e. The lowest BCUT2D eigenvalue weighted by molar-refractivity contribution is -0.117. The summed E-state index contributed by atoms with van der Waals surface area (Å²) in [4.78, 5) is 17.0. The number of aromatic nitrogens is 1. The van der Waals surface area contributed by atoms with Crippen molar-refractivity contribution in [3.8, 4) is 6.07 Å². The lowest BCUT2D eigenvalue weighted by Crippen LogP contribution is -2.14. The van der Waals surface area contributed by atoms with Crippen LogP contribution in [-0.4, -0.2) is 20.2 Å². The summed E-state index contributed by atoms with van der Waals surface area (Å²) in [6.45, 7) is 13.0. The van der Waals surface area contributed by atoms with Crippen LogP contribution in [0.4, 0.5) is 0 Å². The van der Waals surface area contributed by atoms with Gasteiger partial charge in [0.15, 0.2) is 0 Å². The molecule has 1 amide bonds. The molecule has 0 spiro atoms. The first-order chi connectivity index (χ1) is 13.8. The van der Waals surface area contributed by atoms with Crippen molar-refractivity contribution in [2.24, 2.45) is 4.36 Å². The minimum Gasteiger partial charge on any atom is -0.383 e. The summed E-state index contributed by atoms with van der Waals surface area (Å²) >= 11 is 1.12. The minimum atomic E-state index is -2.30. The molecule has 1 unspecified atom stereocenters. The number of aliphatic hydroxyl groups is 1. The van der Waals surface area contributed by atoms with Gasteiger partial charge in [-0.05, 0) is 61.4 Å². The number of amides is 1. The van der Waals surface area contributed by atoms with E-state index in [9.17, 15) is 19.4 Å². The number of nitriles is 1. The molecule has 2 rings (SSSR count). The number of thiazole rings is 1. The average molecular weight is 448 g/mol. The van der Waals surface area contributed by atoms with Gasteiger partial charge in [-0.1, -0.05) is 27.7 Å². The summed E-state index contributed by atoms with van der Waals surface area (Å²) in [5, 5.41) is 19.9. The highest BCUT2D eigenvalue weighted by Gasteiger charge is 2.23.